The van der Waals surface area contributed by atoms with Crippen LogP contribution >= 0.6 is 0 Å². The highest BCUT2D eigenvalue weighted by Crippen LogP contribution is 2.44. The summed E-state index contributed by atoms with van der Waals surface area (Å²) in [7, 11) is 4.00. The minimum absolute atomic E-state index is 0.161. The van der Waals surface area contributed by atoms with E-state index in [4.69, 9.17) is 10.2 Å². The third kappa shape index (κ3) is 3.06. The van der Waals surface area contributed by atoms with Gasteiger partial charge in [0.1, 0.15) is 0 Å². The van der Waals surface area contributed by atoms with Crippen molar-refractivity contribution in [3.8, 4) is 6.07 Å². The molecular formula is C21H25N5. The molecule has 1 aromatic carbocycles. The van der Waals surface area contributed by atoms with E-state index < -0.39 is 0 Å². The Morgan fingerprint density at radius 1 is 1.31 bits per heavy atom. The lowest BCUT2D eigenvalue weighted by molar-refractivity contribution is 0.137. The molecule has 0 radical (unpaired) electrons. The smallest absolute Gasteiger partial charge is 0.225 e. The fourth-order valence-electron chi connectivity index (χ4n) is 4.50. The lowest BCUT2D eigenvalue weighted by atomic mass is 9.77. The van der Waals surface area contributed by atoms with Crippen LogP contribution in [0.5, 0.6) is 0 Å². The van der Waals surface area contributed by atoms with Gasteiger partial charge in [-0.2, -0.15) is 5.26 Å². The third-order valence-electron chi connectivity index (χ3n) is 5.75. The van der Waals surface area contributed by atoms with E-state index in [1.165, 1.54) is 36.1 Å². The molecule has 1 saturated heterocycles. The van der Waals surface area contributed by atoms with Crippen molar-refractivity contribution in [1.82, 2.24) is 14.9 Å². The Hall–Kier alpha value is -2.45. The minimum Gasteiger partial charge on any atom is -0.347 e. The number of likely N-dealkylation sites (tertiary alicyclic amines) is 1. The highest BCUT2D eigenvalue weighted by Gasteiger charge is 2.43. The van der Waals surface area contributed by atoms with Gasteiger partial charge >= 0.3 is 0 Å². The van der Waals surface area contributed by atoms with Crippen molar-refractivity contribution in [3.05, 3.63) is 52.8 Å². The normalized spacial score (nSPS) is 22.2. The Balaban J connectivity index is 1.58. The number of nitrogens with zero attached hydrogens (tertiary/aromatic N) is 5. The van der Waals surface area contributed by atoms with E-state index in [1.807, 2.05) is 43.4 Å². The molecular weight excluding hydrogens is 322 g/mol. The number of aromatic nitrogens is 2. The molecule has 1 aromatic heterocycles. The van der Waals surface area contributed by atoms with Gasteiger partial charge < -0.3 is 4.90 Å². The first-order valence-corrected chi connectivity index (χ1v) is 9.35. The second-order valence-corrected chi connectivity index (χ2v) is 7.84. The molecule has 2 heterocycles. The summed E-state index contributed by atoms with van der Waals surface area (Å²) in [5.74, 6) is 0.809. The largest absolute Gasteiger partial charge is 0.347 e. The van der Waals surface area contributed by atoms with Gasteiger partial charge in [0.15, 0.2) is 0 Å². The summed E-state index contributed by atoms with van der Waals surface area (Å²) in [6.07, 6.45) is 6.68. The van der Waals surface area contributed by atoms with Crippen LogP contribution in [0.1, 0.15) is 41.6 Å². The van der Waals surface area contributed by atoms with Crippen LogP contribution in [0.4, 0.5) is 5.95 Å². The second kappa shape index (κ2) is 6.69. The van der Waals surface area contributed by atoms with Gasteiger partial charge in [-0.25, -0.2) is 9.97 Å². The number of hydrogen-bond donors (Lipinski definition) is 0. The summed E-state index contributed by atoms with van der Waals surface area (Å²) >= 11 is 0. The van der Waals surface area contributed by atoms with Crippen LogP contribution in [0, 0.1) is 11.3 Å². The summed E-state index contributed by atoms with van der Waals surface area (Å²) < 4.78 is 0. The van der Waals surface area contributed by atoms with E-state index in [0.29, 0.717) is 0 Å². The molecule has 2 aromatic rings. The zero-order valence-corrected chi connectivity index (χ0v) is 15.6. The lowest BCUT2D eigenvalue weighted by Gasteiger charge is -2.40. The highest BCUT2D eigenvalue weighted by molar-refractivity contribution is 5.39. The van der Waals surface area contributed by atoms with E-state index in [-0.39, 0.29) is 5.41 Å². The maximum atomic E-state index is 9.13. The molecule has 0 N–H and O–H groups in total. The number of hydrogen-bond acceptors (Lipinski definition) is 5. The molecule has 1 unspecified atom stereocenters. The predicted octanol–water partition coefficient (Wildman–Crippen LogP) is 2.89. The van der Waals surface area contributed by atoms with E-state index in [0.717, 1.165) is 37.6 Å². The quantitative estimate of drug-likeness (QED) is 0.854. The number of anilines is 1. The van der Waals surface area contributed by atoms with Gasteiger partial charge in [-0.05, 0) is 55.5 Å². The first-order chi connectivity index (χ1) is 12.6. The molecule has 5 nitrogen and oxygen atoms in total. The summed E-state index contributed by atoms with van der Waals surface area (Å²) in [5.41, 5.74) is 4.71. The summed E-state index contributed by atoms with van der Waals surface area (Å²) in [6, 6.07) is 10.2. The van der Waals surface area contributed by atoms with Gasteiger partial charge in [-0.15, -0.1) is 0 Å². The zero-order chi connectivity index (χ0) is 18.1. The molecule has 0 amide bonds. The third-order valence-corrected chi connectivity index (χ3v) is 5.75. The van der Waals surface area contributed by atoms with E-state index in [2.05, 4.69) is 22.0 Å². The average Bonchev–Trinajstić information content (AvgIpc) is 2.99. The number of piperidine rings is 1. The van der Waals surface area contributed by atoms with Crippen LogP contribution in [0.3, 0.4) is 0 Å². The Kier molecular flexibility index (Phi) is 4.37. The first-order valence-electron chi connectivity index (χ1n) is 9.35. The summed E-state index contributed by atoms with van der Waals surface area (Å²) in [4.78, 5) is 14.0. The van der Waals surface area contributed by atoms with Crippen molar-refractivity contribution in [2.45, 2.75) is 37.6 Å². The van der Waals surface area contributed by atoms with Crippen LogP contribution < -0.4 is 4.90 Å². The molecule has 1 aliphatic carbocycles. The lowest BCUT2D eigenvalue weighted by Crippen LogP contribution is -2.45. The van der Waals surface area contributed by atoms with Crippen molar-refractivity contribution in [2.75, 3.05) is 32.1 Å². The molecule has 1 aliphatic heterocycles. The fraction of sp³-hybridized carbons (Fsp3) is 0.476. The van der Waals surface area contributed by atoms with E-state index in [1.54, 1.807) is 0 Å². The molecule has 2 aliphatic rings. The number of fused-ring (bicyclic) bond motifs is 2. The van der Waals surface area contributed by atoms with E-state index >= 15 is 0 Å². The molecule has 4 rings (SSSR count). The Morgan fingerprint density at radius 2 is 2.19 bits per heavy atom. The SMILES string of the molecule is CN(C)c1ncc2c(n1)C1(CCCN(Cc3cccc(C#N)c3)C1)CC2. The molecule has 1 spiro atoms. The standard InChI is InChI=1S/C21H25N5/c1-25(2)20-23-13-18-7-9-21(19(18)24-20)8-4-10-26(15-21)14-17-6-3-5-16(11-17)12-22/h3,5-6,11,13H,4,7-10,14-15H2,1-2H3. The molecule has 5 heteroatoms. The van der Waals surface area contributed by atoms with Crippen LogP contribution in [-0.4, -0.2) is 42.1 Å². The maximum absolute atomic E-state index is 9.13. The average molecular weight is 347 g/mol. The van der Waals surface area contributed by atoms with Gasteiger partial charge in [-0.1, -0.05) is 12.1 Å². The summed E-state index contributed by atoms with van der Waals surface area (Å²) in [6.45, 7) is 3.05. The number of benzene rings is 1. The van der Waals surface area contributed by atoms with Crippen molar-refractivity contribution >= 4 is 5.95 Å². The van der Waals surface area contributed by atoms with Gasteiger partial charge in [0, 0.05) is 38.8 Å². The van der Waals surface area contributed by atoms with Crippen molar-refractivity contribution in [2.24, 2.45) is 0 Å². The van der Waals surface area contributed by atoms with Crippen LogP contribution in [0.25, 0.3) is 0 Å². The molecule has 1 fully saturated rings. The van der Waals surface area contributed by atoms with Crippen molar-refractivity contribution in [3.63, 3.8) is 0 Å². The van der Waals surface area contributed by atoms with Crippen molar-refractivity contribution in [1.29, 1.82) is 5.26 Å². The highest BCUT2D eigenvalue weighted by atomic mass is 15.2. The topological polar surface area (TPSA) is 56.1 Å². The number of rotatable bonds is 3. The van der Waals surface area contributed by atoms with Gasteiger partial charge in [0.05, 0.1) is 17.3 Å². The van der Waals surface area contributed by atoms with Gasteiger partial charge in [-0.3, -0.25) is 4.90 Å². The van der Waals surface area contributed by atoms with Gasteiger partial charge in [0.25, 0.3) is 0 Å². The Bertz CT molecular complexity index is 850. The maximum Gasteiger partial charge on any atom is 0.225 e. The summed E-state index contributed by atoms with van der Waals surface area (Å²) in [5, 5.41) is 9.13. The molecule has 0 bridgehead atoms. The number of nitriles is 1. The van der Waals surface area contributed by atoms with E-state index in [9.17, 15) is 0 Å². The van der Waals surface area contributed by atoms with Crippen molar-refractivity contribution < 1.29 is 0 Å². The fourth-order valence-corrected chi connectivity index (χ4v) is 4.50. The molecule has 26 heavy (non-hydrogen) atoms. The number of aryl methyl sites for hydroxylation is 1. The predicted molar refractivity (Wildman–Crippen MR) is 102 cm³/mol. The molecule has 134 valence electrons. The Labute approximate surface area is 155 Å². The molecule has 0 saturated carbocycles. The monoisotopic (exact) mass is 347 g/mol. The second-order valence-electron chi connectivity index (χ2n) is 7.84. The van der Waals surface area contributed by atoms with Crippen LogP contribution in [-0.2, 0) is 18.4 Å². The van der Waals surface area contributed by atoms with Gasteiger partial charge in [0.2, 0.25) is 5.95 Å². The molecule has 1 atom stereocenters. The minimum atomic E-state index is 0.161. The van der Waals surface area contributed by atoms with Crippen LogP contribution in [0.15, 0.2) is 30.5 Å². The Morgan fingerprint density at radius 3 is 3.00 bits per heavy atom. The van der Waals surface area contributed by atoms with Crippen LogP contribution in [0.2, 0.25) is 0 Å². The first kappa shape index (κ1) is 17.0. The zero-order valence-electron chi connectivity index (χ0n) is 15.6.